The molecule has 0 saturated carbocycles. The van der Waals surface area contributed by atoms with Gasteiger partial charge < -0.3 is 19.3 Å². The number of aryl methyl sites for hydroxylation is 1. The van der Waals surface area contributed by atoms with Crippen molar-refractivity contribution in [1.82, 2.24) is 0 Å². The molecule has 116 valence electrons. The minimum atomic E-state index is -0.950. The number of benzene rings is 2. The summed E-state index contributed by atoms with van der Waals surface area (Å²) >= 11 is 0. The molecule has 0 spiro atoms. The van der Waals surface area contributed by atoms with Gasteiger partial charge in [0.25, 0.3) is 0 Å². The van der Waals surface area contributed by atoms with E-state index >= 15 is 0 Å². The van der Waals surface area contributed by atoms with Crippen LogP contribution in [0.15, 0.2) is 30.3 Å². The second-order valence-electron chi connectivity index (χ2n) is 4.72. The molecule has 1 N–H and O–H groups in total. The minimum Gasteiger partial charge on any atom is -0.493 e. The molecule has 0 amide bonds. The molecular formula is C17H18O5. The Morgan fingerprint density at radius 2 is 1.55 bits per heavy atom. The molecule has 5 nitrogen and oxygen atoms in total. The first-order valence-electron chi connectivity index (χ1n) is 6.66. The number of carboxylic acid groups (broad SMARTS) is 1. The molecule has 0 aliphatic rings. The van der Waals surface area contributed by atoms with Crippen LogP contribution in [0, 0.1) is 6.92 Å². The maximum Gasteiger partial charge on any atom is 0.335 e. The van der Waals surface area contributed by atoms with Crippen LogP contribution in [0.5, 0.6) is 17.2 Å². The van der Waals surface area contributed by atoms with E-state index in [-0.39, 0.29) is 5.56 Å². The van der Waals surface area contributed by atoms with Crippen LogP contribution >= 0.6 is 0 Å². The molecule has 22 heavy (non-hydrogen) atoms. The van der Waals surface area contributed by atoms with Gasteiger partial charge in [-0.1, -0.05) is 6.07 Å². The van der Waals surface area contributed by atoms with Gasteiger partial charge in [-0.05, 0) is 42.3 Å². The molecule has 0 aliphatic carbocycles. The van der Waals surface area contributed by atoms with E-state index in [9.17, 15) is 4.79 Å². The Labute approximate surface area is 129 Å². The molecule has 0 aliphatic heterocycles. The first-order chi connectivity index (χ1) is 10.5. The molecule has 0 bridgehead atoms. The highest BCUT2D eigenvalue weighted by Crippen LogP contribution is 2.44. The average Bonchev–Trinajstić information content (AvgIpc) is 2.53. The zero-order valence-electron chi connectivity index (χ0n) is 13.0. The smallest absolute Gasteiger partial charge is 0.335 e. The van der Waals surface area contributed by atoms with Crippen LogP contribution in [0.2, 0.25) is 0 Å². The predicted molar refractivity (Wildman–Crippen MR) is 83.2 cm³/mol. The summed E-state index contributed by atoms with van der Waals surface area (Å²) in [6.07, 6.45) is 0. The quantitative estimate of drug-likeness (QED) is 0.917. The molecule has 2 rings (SSSR count). The fourth-order valence-corrected chi connectivity index (χ4v) is 2.41. The zero-order chi connectivity index (χ0) is 16.3. The van der Waals surface area contributed by atoms with Crippen molar-refractivity contribution in [3.63, 3.8) is 0 Å². The first kappa shape index (κ1) is 15.7. The summed E-state index contributed by atoms with van der Waals surface area (Å²) in [4.78, 5) is 11.0. The monoisotopic (exact) mass is 302 g/mol. The summed E-state index contributed by atoms with van der Waals surface area (Å²) < 4.78 is 16.1. The van der Waals surface area contributed by atoms with Gasteiger partial charge in [-0.25, -0.2) is 4.79 Å². The van der Waals surface area contributed by atoms with E-state index in [0.717, 1.165) is 16.7 Å². The van der Waals surface area contributed by atoms with E-state index in [1.807, 2.05) is 13.0 Å². The highest BCUT2D eigenvalue weighted by Gasteiger charge is 2.18. The number of aromatic carboxylic acids is 1. The minimum absolute atomic E-state index is 0.251. The van der Waals surface area contributed by atoms with Crippen LogP contribution in [-0.2, 0) is 0 Å². The van der Waals surface area contributed by atoms with Gasteiger partial charge in [-0.15, -0.1) is 0 Å². The number of carboxylic acids is 1. The molecule has 5 heteroatoms. The Balaban J connectivity index is 2.65. The molecule has 0 heterocycles. The van der Waals surface area contributed by atoms with Crippen LogP contribution in [0.4, 0.5) is 0 Å². The first-order valence-corrected chi connectivity index (χ1v) is 6.66. The molecule has 0 fully saturated rings. The Bertz CT molecular complexity index is 706. The third-order valence-corrected chi connectivity index (χ3v) is 3.47. The lowest BCUT2D eigenvalue weighted by molar-refractivity contribution is 0.0697. The van der Waals surface area contributed by atoms with Crippen molar-refractivity contribution < 1.29 is 24.1 Å². The molecule has 2 aromatic carbocycles. The lowest BCUT2D eigenvalue weighted by Crippen LogP contribution is -1.99. The fraction of sp³-hybridized carbons (Fsp3) is 0.235. The SMILES string of the molecule is COc1ccc(-c2ccc(C(=O)O)cc2C)c(OC)c1OC. The summed E-state index contributed by atoms with van der Waals surface area (Å²) in [7, 11) is 4.66. The standard InChI is InChI=1S/C17H18O5/c1-10-9-11(17(18)19)5-6-12(10)13-7-8-14(20-2)16(22-4)15(13)21-3/h5-9H,1-4H3,(H,18,19). The van der Waals surface area contributed by atoms with Crippen molar-refractivity contribution in [1.29, 1.82) is 0 Å². The molecule has 0 radical (unpaired) electrons. The normalized spacial score (nSPS) is 10.2. The van der Waals surface area contributed by atoms with Gasteiger partial charge in [-0.3, -0.25) is 0 Å². The summed E-state index contributed by atoms with van der Waals surface area (Å²) in [6.45, 7) is 1.86. The Morgan fingerprint density at radius 3 is 2.05 bits per heavy atom. The van der Waals surface area contributed by atoms with Crippen LogP contribution in [0.25, 0.3) is 11.1 Å². The lowest BCUT2D eigenvalue weighted by Gasteiger charge is -2.17. The molecule has 0 saturated heterocycles. The fourth-order valence-electron chi connectivity index (χ4n) is 2.41. The van der Waals surface area contributed by atoms with Gasteiger partial charge in [0.15, 0.2) is 11.5 Å². The number of carbonyl (C=O) groups is 1. The number of ether oxygens (including phenoxy) is 3. The van der Waals surface area contributed by atoms with Gasteiger partial charge in [0, 0.05) is 5.56 Å². The van der Waals surface area contributed by atoms with Gasteiger partial charge in [0.05, 0.1) is 26.9 Å². The highest BCUT2D eigenvalue weighted by molar-refractivity contribution is 5.89. The lowest BCUT2D eigenvalue weighted by atomic mass is 9.97. The molecule has 0 unspecified atom stereocenters. The number of rotatable bonds is 5. The van der Waals surface area contributed by atoms with Crippen LogP contribution in [-0.4, -0.2) is 32.4 Å². The van der Waals surface area contributed by atoms with Gasteiger partial charge >= 0.3 is 5.97 Å². The van der Waals surface area contributed by atoms with Crippen molar-refractivity contribution in [2.75, 3.05) is 21.3 Å². The third-order valence-electron chi connectivity index (χ3n) is 3.47. The average molecular weight is 302 g/mol. The van der Waals surface area contributed by atoms with Gasteiger partial charge in [-0.2, -0.15) is 0 Å². The molecular weight excluding hydrogens is 284 g/mol. The summed E-state index contributed by atoms with van der Waals surface area (Å²) in [6, 6.07) is 8.63. The van der Waals surface area contributed by atoms with Crippen LogP contribution < -0.4 is 14.2 Å². The third kappa shape index (κ3) is 2.70. The van der Waals surface area contributed by atoms with E-state index in [1.54, 1.807) is 45.6 Å². The Hall–Kier alpha value is -2.69. The summed E-state index contributed by atoms with van der Waals surface area (Å²) in [5, 5.41) is 9.06. The van der Waals surface area contributed by atoms with Crippen LogP contribution in [0.1, 0.15) is 15.9 Å². The second kappa shape index (κ2) is 6.39. The van der Waals surface area contributed by atoms with Crippen molar-refractivity contribution >= 4 is 5.97 Å². The maximum atomic E-state index is 11.0. The maximum absolute atomic E-state index is 11.0. The van der Waals surface area contributed by atoms with Crippen molar-refractivity contribution in [3.8, 4) is 28.4 Å². The molecule has 0 atom stereocenters. The number of hydrogen-bond acceptors (Lipinski definition) is 4. The number of hydrogen-bond donors (Lipinski definition) is 1. The van der Waals surface area contributed by atoms with Crippen molar-refractivity contribution in [2.45, 2.75) is 6.92 Å². The highest BCUT2D eigenvalue weighted by atomic mass is 16.5. The zero-order valence-corrected chi connectivity index (χ0v) is 13.0. The van der Waals surface area contributed by atoms with Gasteiger partial charge in [0.2, 0.25) is 5.75 Å². The molecule has 2 aromatic rings. The van der Waals surface area contributed by atoms with E-state index < -0.39 is 5.97 Å². The van der Waals surface area contributed by atoms with Crippen molar-refractivity contribution in [3.05, 3.63) is 41.5 Å². The topological polar surface area (TPSA) is 65.0 Å². The van der Waals surface area contributed by atoms with Crippen molar-refractivity contribution in [2.24, 2.45) is 0 Å². The van der Waals surface area contributed by atoms with Gasteiger partial charge in [0.1, 0.15) is 0 Å². The van der Waals surface area contributed by atoms with E-state index in [2.05, 4.69) is 0 Å². The summed E-state index contributed by atoms with van der Waals surface area (Å²) in [5.74, 6) is 0.675. The Morgan fingerprint density at radius 1 is 0.909 bits per heavy atom. The van der Waals surface area contributed by atoms with E-state index in [4.69, 9.17) is 19.3 Å². The molecule has 0 aromatic heterocycles. The Kier molecular flexibility index (Phi) is 4.56. The number of methoxy groups -OCH3 is 3. The van der Waals surface area contributed by atoms with E-state index in [0.29, 0.717) is 17.2 Å². The van der Waals surface area contributed by atoms with Crippen LogP contribution in [0.3, 0.4) is 0 Å². The summed E-state index contributed by atoms with van der Waals surface area (Å²) in [5.41, 5.74) is 2.78. The predicted octanol–water partition coefficient (Wildman–Crippen LogP) is 3.39. The van der Waals surface area contributed by atoms with E-state index in [1.165, 1.54) is 0 Å². The largest absolute Gasteiger partial charge is 0.493 e. The second-order valence-corrected chi connectivity index (χ2v) is 4.72.